The molecule has 0 aliphatic heterocycles. The summed E-state index contributed by atoms with van der Waals surface area (Å²) in [6.45, 7) is 1.80. The van der Waals surface area contributed by atoms with Crippen molar-refractivity contribution in [1.29, 1.82) is 0 Å². The van der Waals surface area contributed by atoms with Gasteiger partial charge in [0, 0.05) is 0 Å². The monoisotopic (exact) mass is 354 g/mol. The standard InChI is InChI=1S/C16H20O5P2/c1-2-20-23(19,14-16-11-7-4-8-12-16)21-22(17,18)13-15-9-5-3-6-10-15/h3-12H,2,13-14H2,1H3,(H,17,18). The van der Waals surface area contributed by atoms with Gasteiger partial charge in [-0.2, -0.15) is 0 Å². The second kappa shape index (κ2) is 8.05. The van der Waals surface area contributed by atoms with E-state index in [1.165, 1.54) is 0 Å². The molecule has 2 aromatic rings. The molecule has 0 saturated heterocycles. The summed E-state index contributed by atoms with van der Waals surface area (Å²) in [6, 6.07) is 17.8. The molecule has 0 bridgehead atoms. The van der Waals surface area contributed by atoms with Gasteiger partial charge in [-0.1, -0.05) is 60.7 Å². The lowest BCUT2D eigenvalue weighted by molar-refractivity contribution is 0.264. The lowest BCUT2D eigenvalue weighted by Crippen LogP contribution is -2.00. The molecule has 0 radical (unpaired) electrons. The van der Waals surface area contributed by atoms with Gasteiger partial charge < -0.3 is 9.42 Å². The number of rotatable bonds is 8. The first kappa shape index (κ1) is 18.1. The topological polar surface area (TPSA) is 72.8 Å². The van der Waals surface area contributed by atoms with Crippen LogP contribution < -0.4 is 0 Å². The van der Waals surface area contributed by atoms with E-state index < -0.39 is 15.2 Å². The molecule has 2 aromatic carbocycles. The van der Waals surface area contributed by atoms with E-state index in [1.807, 2.05) is 12.1 Å². The molecule has 1 N–H and O–H groups in total. The van der Waals surface area contributed by atoms with Crippen molar-refractivity contribution in [2.45, 2.75) is 19.2 Å². The van der Waals surface area contributed by atoms with Gasteiger partial charge in [-0.05, 0) is 18.1 Å². The molecule has 0 amide bonds. The molecule has 0 fully saturated rings. The predicted octanol–water partition coefficient (Wildman–Crippen LogP) is 4.82. The van der Waals surface area contributed by atoms with Crippen LogP contribution in [0.3, 0.4) is 0 Å². The van der Waals surface area contributed by atoms with E-state index >= 15 is 0 Å². The van der Waals surface area contributed by atoms with Gasteiger partial charge in [0.05, 0.1) is 18.9 Å². The minimum atomic E-state index is -4.09. The van der Waals surface area contributed by atoms with E-state index in [2.05, 4.69) is 0 Å². The highest BCUT2D eigenvalue weighted by Gasteiger charge is 2.35. The van der Waals surface area contributed by atoms with Crippen molar-refractivity contribution in [3.05, 3.63) is 71.8 Å². The summed E-state index contributed by atoms with van der Waals surface area (Å²) in [5, 5.41) is 0. The normalized spacial score (nSPS) is 16.4. The van der Waals surface area contributed by atoms with E-state index in [0.717, 1.165) is 5.56 Å². The predicted molar refractivity (Wildman–Crippen MR) is 90.4 cm³/mol. The lowest BCUT2D eigenvalue weighted by Gasteiger charge is -2.21. The molecule has 0 aromatic heterocycles. The minimum absolute atomic E-state index is 0.0407. The Hall–Kier alpha value is -1.22. The highest BCUT2D eigenvalue weighted by atomic mass is 31.3. The van der Waals surface area contributed by atoms with Gasteiger partial charge in [0.25, 0.3) is 0 Å². The highest BCUT2D eigenvalue weighted by molar-refractivity contribution is 7.66. The average molecular weight is 354 g/mol. The SMILES string of the molecule is CCOP(=O)(Cc1ccccc1)OP(=O)(O)Cc1ccccc1. The lowest BCUT2D eigenvalue weighted by atomic mass is 10.2. The fourth-order valence-corrected chi connectivity index (χ4v) is 6.16. The van der Waals surface area contributed by atoms with Crippen molar-refractivity contribution in [2.75, 3.05) is 6.61 Å². The Morgan fingerprint density at radius 1 is 0.870 bits per heavy atom. The maximum atomic E-state index is 12.8. The first-order valence-corrected chi connectivity index (χ1v) is 10.8. The van der Waals surface area contributed by atoms with Gasteiger partial charge in [0.15, 0.2) is 0 Å². The Labute approximate surface area is 136 Å². The molecule has 0 aliphatic rings. The van der Waals surface area contributed by atoms with Crippen LogP contribution in [0.2, 0.25) is 0 Å². The van der Waals surface area contributed by atoms with E-state index in [-0.39, 0.29) is 18.9 Å². The summed E-state index contributed by atoms with van der Waals surface area (Å²) in [5.41, 5.74) is 1.37. The summed E-state index contributed by atoms with van der Waals surface area (Å²) >= 11 is 0. The van der Waals surface area contributed by atoms with Crippen LogP contribution in [0.5, 0.6) is 0 Å². The van der Waals surface area contributed by atoms with Crippen LogP contribution in [0.1, 0.15) is 18.1 Å². The quantitative estimate of drug-likeness (QED) is 0.688. The van der Waals surface area contributed by atoms with Crippen molar-refractivity contribution in [1.82, 2.24) is 0 Å². The molecule has 5 nitrogen and oxygen atoms in total. The van der Waals surface area contributed by atoms with Crippen molar-refractivity contribution in [2.24, 2.45) is 0 Å². The van der Waals surface area contributed by atoms with Crippen LogP contribution in [0, 0.1) is 0 Å². The van der Waals surface area contributed by atoms with Crippen LogP contribution in [0.4, 0.5) is 0 Å². The first-order chi connectivity index (χ1) is 10.9. The van der Waals surface area contributed by atoms with Crippen LogP contribution in [-0.2, 0) is 30.3 Å². The Bertz CT molecular complexity index is 703. The smallest absolute Gasteiger partial charge is 0.324 e. The maximum absolute atomic E-state index is 12.8. The average Bonchev–Trinajstić information content (AvgIpc) is 2.48. The fraction of sp³-hybridized carbons (Fsp3) is 0.250. The number of benzene rings is 2. The molecule has 124 valence electrons. The second-order valence-corrected chi connectivity index (χ2v) is 9.08. The molecule has 0 saturated carbocycles. The summed E-state index contributed by atoms with van der Waals surface area (Å²) in [5.74, 6) is 0. The van der Waals surface area contributed by atoms with Gasteiger partial charge in [-0.3, -0.25) is 9.13 Å². The molecule has 2 unspecified atom stereocenters. The zero-order valence-corrected chi connectivity index (χ0v) is 14.7. The Balaban J connectivity index is 2.14. The Morgan fingerprint density at radius 3 is 1.83 bits per heavy atom. The van der Waals surface area contributed by atoms with Crippen LogP contribution in [0.25, 0.3) is 0 Å². The molecular formula is C16H20O5P2. The third-order valence-corrected chi connectivity index (χ3v) is 7.21. The maximum Gasteiger partial charge on any atom is 0.342 e. The molecule has 0 spiro atoms. The fourth-order valence-electron chi connectivity index (χ4n) is 2.14. The molecular weight excluding hydrogens is 334 g/mol. The molecule has 23 heavy (non-hydrogen) atoms. The highest BCUT2D eigenvalue weighted by Crippen LogP contribution is 2.65. The minimum Gasteiger partial charge on any atom is -0.324 e. The third kappa shape index (κ3) is 6.06. The Kier molecular flexibility index (Phi) is 6.34. The van der Waals surface area contributed by atoms with Crippen molar-refractivity contribution < 1.29 is 22.9 Å². The van der Waals surface area contributed by atoms with Gasteiger partial charge in [0.1, 0.15) is 0 Å². The van der Waals surface area contributed by atoms with Gasteiger partial charge in [-0.15, -0.1) is 0 Å². The van der Waals surface area contributed by atoms with Crippen molar-refractivity contribution in [3.63, 3.8) is 0 Å². The van der Waals surface area contributed by atoms with E-state index in [0.29, 0.717) is 5.56 Å². The van der Waals surface area contributed by atoms with Crippen LogP contribution in [-0.4, -0.2) is 11.5 Å². The zero-order valence-electron chi connectivity index (χ0n) is 12.9. The van der Waals surface area contributed by atoms with Gasteiger partial charge in [0.2, 0.25) is 0 Å². The van der Waals surface area contributed by atoms with Crippen molar-refractivity contribution >= 4 is 15.2 Å². The summed E-state index contributed by atoms with van der Waals surface area (Å²) < 4.78 is 35.5. The van der Waals surface area contributed by atoms with Gasteiger partial charge >= 0.3 is 15.2 Å². The van der Waals surface area contributed by atoms with Crippen LogP contribution in [0.15, 0.2) is 60.7 Å². The molecule has 2 atom stereocenters. The van der Waals surface area contributed by atoms with Crippen LogP contribution >= 0.6 is 15.2 Å². The second-order valence-electron chi connectivity index (χ2n) is 5.04. The molecule has 7 heteroatoms. The summed E-state index contributed by atoms with van der Waals surface area (Å²) in [7, 11) is -7.80. The molecule has 0 aliphatic carbocycles. The zero-order chi connectivity index (χ0) is 16.8. The van der Waals surface area contributed by atoms with Crippen molar-refractivity contribution in [3.8, 4) is 0 Å². The third-order valence-electron chi connectivity index (χ3n) is 3.02. The van der Waals surface area contributed by atoms with E-state index in [9.17, 15) is 14.0 Å². The summed E-state index contributed by atoms with van der Waals surface area (Å²) in [4.78, 5) is 10.1. The Morgan fingerprint density at radius 2 is 1.35 bits per heavy atom. The van der Waals surface area contributed by atoms with E-state index in [1.54, 1.807) is 55.5 Å². The van der Waals surface area contributed by atoms with Gasteiger partial charge in [-0.25, -0.2) is 4.31 Å². The number of hydrogen-bond acceptors (Lipinski definition) is 4. The van der Waals surface area contributed by atoms with E-state index in [4.69, 9.17) is 8.83 Å². The molecule has 0 heterocycles. The molecule has 2 rings (SSSR count). The summed E-state index contributed by atoms with van der Waals surface area (Å²) in [6.07, 6.45) is -0.249. The number of hydrogen-bond donors (Lipinski definition) is 1. The first-order valence-electron chi connectivity index (χ1n) is 7.27. The largest absolute Gasteiger partial charge is 0.342 e.